The molecule has 5 rings (SSSR count). The Morgan fingerprint density at radius 1 is 1.03 bits per heavy atom. The van der Waals surface area contributed by atoms with Crippen LogP contribution in [0.5, 0.6) is 0 Å². The maximum atomic E-state index is 12.8. The van der Waals surface area contributed by atoms with Crippen molar-refractivity contribution in [1.29, 1.82) is 0 Å². The lowest BCUT2D eigenvalue weighted by molar-refractivity contribution is -0.131. The van der Waals surface area contributed by atoms with Crippen molar-refractivity contribution in [2.45, 2.75) is 19.4 Å². The van der Waals surface area contributed by atoms with Crippen molar-refractivity contribution in [1.82, 2.24) is 20.1 Å². The number of morpholine rings is 1. The first-order valence-corrected chi connectivity index (χ1v) is 11.7. The van der Waals surface area contributed by atoms with Crippen LogP contribution >= 0.6 is 0 Å². The Hall–Kier alpha value is -3.16. The Balaban J connectivity index is 1.23. The van der Waals surface area contributed by atoms with Crippen LogP contribution in [0.1, 0.15) is 27.2 Å². The van der Waals surface area contributed by atoms with Crippen LogP contribution in [0.25, 0.3) is 10.9 Å². The molecular formula is C26H30N4O3. The fourth-order valence-electron chi connectivity index (χ4n) is 4.73. The summed E-state index contributed by atoms with van der Waals surface area (Å²) in [6, 6.07) is 15.7. The zero-order valence-corrected chi connectivity index (χ0v) is 18.8. The maximum Gasteiger partial charge on any atom is 0.251 e. The summed E-state index contributed by atoms with van der Waals surface area (Å²) in [4.78, 5) is 33.2. The van der Waals surface area contributed by atoms with Gasteiger partial charge in [0, 0.05) is 54.9 Å². The van der Waals surface area contributed by atoms with Crippen molar-refractivity contribution in [2.75, 3.05) is 45.9 Å². The number of hydrogen-bond donors (Lipinski definition) is 2. The Morgan fingerprint density at radius 3 is 2.67 bits per heavy atom. The number of aromatic amines is 1. The van der Waals surface area contributed by atoms with Crippen molar-refractivity contribution in [2.24, 2.45) is 0 Å². The molecule has 33 heavy (non-hydrogen) atoms. The summed E-state index contributed by atoms with van der Waals surface area (Å²) in [7, 11) is 0. The van der Waals surface area contributed by atoms with Gasteiger partial charge >= 0.3 is 0 Å². The molecule has 172 valence electrons. The highest BCUT2D eigenvalue weighted by molar-refractivity contribution is 5.99. The van der Waals surface area contributed by atoms with E-state index in [1.165, 1.54) is 5.56 Å². The van der Waals surface area contributed by atoms with Crippen LogP contribution in [0.15, 0.2) is 48.5 Å². The molecule has 7 nitrogen and oxygen atoms in total. The van der Waals surface area contributed by atoms with Gasteiger partial charge in [-0.25, -0.2) is 0 Å². The first-order chi connectivity index (χ1) is 16.2. The van der Waals surface area contributed by atoms with Crippen LogP contribution < -0.4 is 5.32 Å². The number of benzene rings is 2. The summed E-state index contributed by atoms with van der Waals surface area (Å²) in [5.41, 5.74) is 5.02. The molecule has 3 heterocycles. The zero-order valence-electron chi connectivity index (χ0n) is 18.8. The number of H-pyrrole nitrogens is 1. The van der Waals surface area contributed by atoms with E-state index in [1.54, 1.807) is 0 Å². The molecule has 0 aliphatic carbocycles. The first-order valence-electron chi connectivity index (χ1n) is 11.7. The fourth-order valence-corrected chi connectivity index (χ4v) is 4.73. The molecule has 0 radical (unpaired) electrons. The van der Waals surface area contributed by atoms with E-state index < -0.39 is 0 Å². The van der Waals surface area contributed by atoms with Crippen LogP contribution in [0, 0.1) is 0 Å². The minimum absolute atomic E-state index is 0.0458. The standard InChI is InChI=1S/C26H30N4O3/c31-25(16-19-4-2-1-3-5-19)30-10-8-21-22-17-20(6-7-23(22)28-24(21)18-30)26(32)27-9-11-29-12-14-33-15-13-29/h1-7,17,28H,8-16,18H2,(H,27,32). The molecule has 1 fully saturated rings. The van der Waals surface area contributed by atoms with E-state index in [2.05, 4.69) is 15.2 Å². The summed E-state index contributed by atoms with van der Waals surface area (Å²) in [6.45, 7) is 6.10. The number of nitrogens with zero attached hydrogens (tertiary/aromatic N) is 2. The lowest BCUT2D eigenvalue weighted by Gasteiger charge is -2.27. The van der Waals surface area contributed by atoms with Gasteiger partial charge in [0.2, 0.25) is 5.91 Å². The van der Waals surface area contributed by atoms with Gasteiger partial charge < -0.3 is 19.9 Å². The van der Waals surface area contributed by atoms with E-state index in [0.717, 1.165) is 61.4 Å². The van der Waals surface area contributed by atoms with Crippen LogP contribution in [0.3, 0.4) is 0 Å². The monoisotopic (exact) mass is 446 g/mol. The molecular weight excluding hydrogens is 416 g/mol. The lowest BCUT2D eigenvalue weighted by atomic mass is 10.0. The van der Waals surface area contributed by atoms with Crippen LogP contribution in [0.4, 0.5) is 0 Å². The number of aromatic nitrogens is 1. The number of nitrogens with one attached hydrogen (secondary N) is 2. The van der Waals surface area contributed by atoms with Gasteiger partial charge in [0.1, 0.15) is 0 Å². The molecule has 0 spiro atoms. The summed E-state index contributed by atoms with van der Waals surface area (Å²) < 4.78 is 5.37. The van der Waals surface area contributed by atoms with Crippen LogP contribution in [-0.2, 0) is 28.9 Å². The Labute approximate surface area is 193 Å². The van der Waals surface area contributed by atoms with Crippen molar-refractivity contribution in [3.8, 4) is 0 Å². The average molecular weight is 447 g/mol. The average Bonchev–Trinajstić information content (AvgIpc) is 3.22. The smallest absolute Gasteiger partial charge is 0.251 e. The SMILES string of the molecule is O=C(NCCN1CCOCC1)c1ccc2[nH]c3c(c2c1)CCN(C(=O)Cc1ccccc1)C3. The number of carbonyl (C=O) groups is 2. The molecule has 1 aromatic heterocycles. The molecule has 2 amide bonds. The van der Waals surface area contributed by atoms with E-state index in [-0.39, 0.29) is 11.8 Å². The molecule has 0 saturated carbocycles. The summed E-state index contributed by atoms with van der Waals surface area (Å²) in [6.07, 6.45) is 1.21. The number of fused-ring (bicyclic) bond motifs is 3. The van der Waals surface area contributed by atoms with Crippen molar-refractivity contribution >= 4 is 22.7 Å². The van der Waals surface area contributed by atoms with E-state index >= 15 is 0 Å². The topological polar surface area (TPSA) is 77.7 Å². The van der Waals surface area contributed by atoms with Crippen LogP contribution in [0.2, 0.25) is 0 Å². The van der Waals surface area contributed by atoms with E-state index in [0.29, 0.717) is 31.6 Å². The Bertz CT molecular complexity index is 1140. The quantitative estimate of drug-likeness (QED) is 0.610. The highest BCUT2D eigenvalue weighted by atomic mass is 16.5. The molecule has 2 aliphatic rings. The maximum absolute atomic E-state index is 12.8. The van der Waals surface area contributed by atoms with E-state index in [1.807, 2.05) is 53.4 Å². The normalized spacial score (nSPS) is 16.5. The second-order valence-electron chi connectivity index (χ2n) is 8.78. The molecule has 2 aromatic carbocycles. The number of ether oxygens (including phenoxy) is 1. The first kappa shape index (κ1) is 21.7. The third-order valence-corrected chi connectivity index (χ3v) is 6.61. The third kappa shape index (κ3) is 4.94. The summed E-state index contributed by atoms with van der Waals surface area (Å²) in [5, 5.41) is 4.13. The van der Waals surface area contributed by atoms with Gasteiger partial charge in [0.15, 0.2) is 0 Å². The van der Waals surface area contributed by atoms with E-state index in [4.69, 9.17) is 4.74 Å². The summed E-state index contributed by atoms with van der Waals surface area (Å²) in [5.74, 6) is 0.0985. The minimum atomic E-state index is -0.0458. The number of hydrogen-bond acceptors (Lipinski definition) is 4. The van der Waals surface area contributed by atoms with Gasteiger partial charge in [0.05, 0.1) is 26.2 Å². The van der Waals surface area contributed by atoms with Gasteiger partial charge in [-0.05, 0) is 35.7 Å². The van der Waals surface area contributed by atoms with Gasteiger partial charge in [-0.2, -0.15) is 0 Å². The largest absolute Gasteiger partial charge is 0.379 e. The summed E-state index contributed by atoms with van der Waals surface area (Å²) >= 11 is 0. The number of amides is 2. The van der Waals surface area contributed by atoms with Gasteiger partial charge in [0.25, 0.3) is 5.91 Å². The lowest BCUT2D eigenvalue weighted by Crippen LogP contribution is -2.41. The molecule has 3 aromatic rings. The third-order valence-electron chi connectivity index (χ3n) is 6.61. The van der Waals surface area contributed by atoms with Gasteiger partial charge in [-0.3, -0.25) is 14.5 Å². The Morgan fingerprint density at radius 2 is 1.85 bits per heavy atom. The zero-order chi connectivity index (χ0) is 22.6. The molecule has 2 aliphatic heterocycles. The predicted molar refractivity (Wildman–Crippen MR) is 127 cm³/mol. The number of rotatable bonds is 6. The highest BCUT2D eigenvalue weighted by Gasteiger charge is 2.24. The predicted octanol–water partition coefficient (Wildman–Crippen LogP) is 2.36. The van der Waals surface area contributed by atoms with Gasteiger partial charge in [-0.15, -0.1) is 0 Å². The molecule has 0 bridgehead atoms. The second-order valence-corrected chi connectivity index (χ2v) is 8.78. The number of carbonyl (C=O) groups excluding carboxylic acids is 2. The molecule has 0 atom stereocenters. The van der Waals surface area contributed by atoms with E-state index in [9.17, 15) is 9.59 Å². The fraction of sp³-hybridized carbons (Fsp3) is 0.385. The minimum Gasteiger partial charge on any atom is -0.379 e. The molecule has 2 N–H and O–H groups in total. The van der Waals surface area contributed by atoms with Gasteiger partial charge in [-0.1, -0.05) is 30.3 Å². The van der Waals surface area contributed by atoms with Crippen molar-refractivity contribution in [3.05, 3.63) is 70.9 Å². The highest BCUT2D eigenvalue weighted by Crippen LogP contribution is 2.28. The molecule has 0 unspecified atom stereocenters. The molecule has 7 heteroatoms. The van der Waals surface area contributed by atoms with Crippen LogP contribution in [-0.4, -0.2) is 72.5 Å². The Kier molecular flexibility index (Phi) is 6.41. The van der Waals surface area contributed by atoms with Crippen molar-refractivity contribution in [3.63, 3.8) is 0 Å². The second kappa shape index (κ2) is 9.77. The molecule has 1 saturated heterocycles. The van der Waals surface area contributed by atoms with Crippen molar-refractivity contribution < 1.29 is 14.3 Å².